The first-order valence-corrected chi connectivity index (χ1v) is 9.75. The second-order valence-electron chi connectivity index (χ2n) is 6.75. The van der Waals surface area contributed by atoms with Gasteiger partial charge in [-0.1, -0.05) is 48.5 Å². The molecule has 0 unspecified atom stereocenters. The molecule has 170 valence electrons. The maximum absolute atomic E-state index is 12.5. The number of para-hydroxylation sites is 1. The molecule has 2 N–H and O–H groups in total. The molecular weight excluding hydrogens is 529 g/mol. The van der Waals surface area contributed by atoms with E-state index in [1.807, 2.05) is 30.3 Å². The lowest BCUT2D eigenvalue weighted by atomic mass is 10.1. The Morgan fingerprint density at radius 2 is 1.62 bits per heavy atom. The van der Waals surface area contributed by atoms with Crippen molar-refractivity contribution in [1.29, 1.82) is 0 Å². The normalized spacial score (nSPS) is 11.1. The first-order chi connectivity index (χ1) is 15.0. The minimum Gasteiger partial charge on any atom is -0.434 e. The highest BCUT2D eigenvalue weighted by Gasteiger charge is 2.09. The lowest BCUT2D eigenvalue weighted by molar-refractivity contribution is -0.0504. The number of alkyl halides is 2. The molecule has 2 aromatic carbocycles. The number of hydrogen-bond donors (Lipinski definition) is 2. The molecule has 9 heteroatoms. The second kappa shape index (κ2) is 12.8. The van der Waals surface area contributed by atoms with Gasteiger partial charge in [-0.05, 0) is 23.3 Å². The van der Waals surface area contributed by atoms with E-state index >= 15 is 0 Å². The molecule has 0 aliphatic heterocycles. The molecule has 3 rings (SSSR count). The third kappa shape index (κ3) is 7.63. The molecule has 0 saturated heterocycles. The van der Waals surface area contributed by atoms with Crippen molar-refractivity contribution in [2.24, 2.45) is 4.99 Å². The van der Waals surface area contributed by atoms with Gasteiger partial charge < -0.3 is 19.9 Å². The number of aromatic nitrogens is 1. The van der Waals surface area contributed by atoms with Crippen LogP contribution in [0.3, 0.4) is 0 Å². The van der Waals surface area contributed by atoms with Crippen LogP contribution in [0.5, 0.6) is 5.75 Å². The van der Waals surface area contributed by atoms with E-state index in [-0.39, 0.29) is 41.8 Å². The first kappa shape index (κ1) is 25.3. The Bertz CT molecular complexity index is 1070. The lowest BCUT2D eigenvalue weighted by Gasteiger charge is -2.14. The van der Waals surface area contributed by atoms with Gasteiger partial charge in [-0.25, -0.2) is 0 Å². The van der Waals surface area contributed by atoms with Gasteiger partial charge in [-0.2, -0.15) is 8.78 Å². The minimum atomic E-state index is -2.87. The molecule has 3 aromatic rings. The fraction of sp³-hybridized carbons (Fsp3) is 0.217. The summed E-state index contributed by atoms with van der Waals surface area (Å²) in [4.78, 5) is 16.0. The van der Waals surface area contributed by atoms with Crippen molar-refractivity contribution in [3.8, 4) is 5.75 Å². The highest BCUT2D eigenvalue weighted by atomic mass is 127. The molecule has 1 heterocycles. The van der Waals surface area contributed by atoms with Gasteiger partial charge in [-0.15, -0.1) is 24.0 Å². The predicted octanol–water partition coefficient (Wildman–Crippen LogP) is 3.98. The van der Waals surface area contributed by atoms with E-state index in [9.17, 15) is 13.6 Å². The van der Waals surface area contributed by atoms with Gasteiger partial charge in [0.1, 0.15) is 5.75 Å². The summed E-state index contributed by atoms with van der Waals surface area (Å²) in [5, 5.41) is 6.29. The zero-order valence-corrected chi connectivity index (χ0v) is 19.8. The molecule has 1 aromatic heterocycles. The molecule has 0 spiro atoms. The van der Waals surface area contributed by atoms with Crippen LogP contribution in [0.1, 0.15) is 16.7 Å². The van der Waals surface area contributed by atoms with E-state index in [1.54, 1.807) is 42.1 Å². The number of aliphatic imine (C=N–C) groups is 1. The maximum Gasteiger partial charge on any atom is 0.387 e. The zero-order valence-electron chi connectivity index (χ0n) is 17.5. The molecule has 0 bridgehead atoms. The molecule has 0 radical (unpaired) electrons. The molecule has 6 nitrogen and oxygen atoms in total. The van der Waals surface area contributed by atoms with E-state index in [1.165, 1.54) is 12.1 Å². The third-order valence-corrected chi connectivity index (χ3v) is 4.59. The van der Waals surface area contributed by atoms with E-state index < -0.39 is 6.61 Å². The summed E-state index contributed by atoms with van der Waals surface area (Å²) >= 11 is 0. The minimum absolute atomic E-state index is 0. The molecule has 0 atom stereocenters. The number of pyridine rings is 1. The Kier molecular flexibility index (Phi) is 10.1. The van der Waals surface area contributed by atoms with Gasteiger partial charge in [0.05, 0.1) is 6.54 Å². The highest BCUT2D eigenvalue weighted by Crippen LogP contribution is 2.19. The van der Waals surface area contributed by atoms with Crippen molar-refractivity contribution in [2.75, 3.05) is 7.05 Å². The van der Waals surface area contributed by atoms with Crippen molar-refractivity contribution in [3.05, 3.63) is 100.0 Å². The average Bonchev–Trinajstić information content (AvgIpc) is 2.77. The third-order valence-electron chi connectivity index (χ3n) is 4.59. The number of nitrogens with one attached hydrogen (secondary N) is 2. The van der Waals surface area contributed by atoms with Crippen LogP contribution in [0.2, 0.25) is 0 Å². The van der Waals surface area contributed by atoms with Crippen LogP contribution in [0.25, 0.3) is 0 Å². The van der Waals surface area contributed by atoms with Gasteiger partial charge in [0.15, 0.2) is 5.96 Å². The predicted molar refractivity (Wildman–Crippen MR) is 132 cm³/mol. The summed E-state index contributed by atoms with van der Waals surface area (Å²) in [7, 11) is 1.64. The van der Waals surface area contributed by atoms with Crippen LogP contribution >= 0.6 is 24.0 Å². The quantitative estimate of drug-likeness (QED) is 0.251. The number of hydrogen-bond acceptors (Lipinski definition) is 3. The standard InChI is InChI=1S/C23H24F2N4O2.HI/c1-26-23(28-15-19-6-2-3-7-20(19)31-22(24)25)27-14-17-9-11-18(12-10-17)16-29-13-5-4-8-21(29)30;/h2-13,22H,14-16H2,1H3,(H2,26,27,28);1H. The van der Waals surface area contributed by atoms with E-state index in [0.29, 0.717) is 24.6 Å². The van der Waals surface area contributed by atoms with Crippen molar-refractivity contribution >= 4 is 29.9 Å². The summed E-state index contributed by atoms with van der Waals surface area (Å²) in [6, 6.07) is 19.6. The Balaban J connectivity index is 0.00000363. The first-order valence-electron chi connectivity index (χ1n) is 9.75. The number of benzene rings is 2. The fourth-order valence-corrected chi connectivity index (χ4v) is 3.00. The molecule has 0 saturated carbocycles. The van der Waals surface area contributed by atoms with Crippen LogP contribution < -0.4 is 20.9 Å². The number of rotatable bonds is 8. The van der Waals surface area contributed by atoms with Crippen molar-refractivity contribution in [2.45, 2.75) is 26.2 Å². The van der Waals surface area contributed by atoms with Crippen LogP contribution in [-0.4, -0.2) is 24.2 Å². The SMILES string of the molecule is CN=C(NCc1ccc(Cn2ccccc2=O)cc1)NCc1ccccc1OC(F)F.I. The topological polar surface area (TPSA) is 67.7 Å². The van der Waals surface area contributed by atoms with E-state index in [2.05, 4.69) is 20.4 Å². The maximum atomic E-state index is 12.5. The van der Waals surface area contributed by atoms with Gasteiger partial charge >= 0.3 is 6.61 Å². The summed E-state index contributed by atoms with van der Waals surface area (Å²) in [6.45, 7) is -1.55. The molecule has 0 fully saturated rings. The monoisotopic (exact) mass is 554 g/mol. The van der Waals surface area contributed by atoms with Crippen LogP contribution in [-0.2, 0) is 19.6 Å². The number of ether oxygens (including phenoxy) is 1. The van der Waals surface area contributed by atoms with E-state index in [4.69, 9.17) is 0 Å². The summed E-state index contributed by atoms with van der Waals surface area (Å²) in [5.41, 5.74) is 2.62. The number of halogens is 3. The smallest absolute Gasteiger partial charge is 0.387 e. The van der Waals surface area contributed by atoms with Gasteiger partial charge in [0, 0.05) is 38.0 Å². The molecular formula is C23H25F2IN4O2. The van der Waals surface area contributed by atoms with Crippen molar-refractivity contribution in [3.63, 3.8) is 0 Å². The summed E-state index contributed by atoms with van der Waals surface area (Å²) in [6.07, 6.45) is 1.76. The summed E-state index contributed by atoms with van der Waals surface area (Å²) in [5.74, 6) is 0.667. The molecule has 0 aliphatic carbocycles. The van der Waals surface area contributed by atoms with Crippen molar-refractivity contribution in [1.82, 2.24) is 15.2 Å². The average molecular weight is 554 g/mol. The van der Waals surface area contributed by atoms with Crippen LogP contribution in [0.15, 0.2) is 82.7 Å². The molecule has 32 heavy (non-hydrogen) atoms. The van der Waals surface area contributed by atoms with Gasteiger partial charge in [0.2, 0.25) is 0 Å². The Morgan fingerprint density at radius 1 is 0.969 bits per heavy atom. The second-order valence-corrected chi connectivity index (χ2v) is 6.75. The number of nitrogens with zero attached hydrogens (tertiary/aromatic N) is 2. The Labute approximate surface area is 202 Å². The largest absolute Gasteiger partial charge is 0.434 e. The zero-order chi connectivity index (χ0) is 22.1. The molecule has 0 aliphatic rings. The van der Waals surface area contributed by atoms with Gasteiger partial charge in [-0.3, -0.25) is 9.79 Å². The lowest BCUT2D eigenvalue weighted by Crippen LogP contribution is -2.36. The van der Waals surface area contributed by atoms with E-state index in [0.717, 1.165) is 11.1 Å². The fourth-order valence-electron chi connectivity index (χ4n) is 3.00. The summed E-state index contributed by atoms with van der Waals surface area (Å²) < 4.78 is 31.3. The van der Waals surface area contributed by atoms with Gasteiger partial charge in [0.25, 0.3) is 5.56 Å². The molecule has 0 amide bonds. The Hall–Kier alpha value is -2.95. The Morgan fingerprint density at radius 3 is 2.31 bits per heavy atom. The van der Waals surface area contributed by atoms with Crippen molar-refractivity contribution < 1.29 is 13.5 Å². The van der Waals surface area contributed by atoms with Crippen LogP contribution in [0, 0.1) is 0 Å². The highest BCUT2D eigenvalue weighted by molar-refractivity contribution is 14.0. The van der Waals surface area contributed by atoms with Crippen LogP contribution in [0.4, 0.5) is 8.78 Å². The number of guanidine groups is 1.